The normalized spacial score (nSPS) is 10.6. The van der Waals surface area contributed by atoms with Gasteiger partial charge in [-0.25, -0.2) is 9.18 Å². The van der Waals surface area contributed by atoms with Crippen molar-refractivity contribution in [2.45, 2.75) is 0 Å². The summed E-state index contributed by atoms with van der Waals surface area (Å²) in [5.74, 6) is -0.917. The van der Waals surface area contributed by atoms with Crippen molar-refractivity contribution in [3.63, 3.8) is 0 Å². The minimum absolute atomic E-state index is 0.0690. The summed E-state index contributed by atoms with van der Waals surface area (Å²) in [6.07, 6.45) is 3.37. The van der Waals surface area contributed by atoms with E-state index in [1.807, 2.05) is 0 Å². The van der Waals surface area contributed by atoms with Crippen LogP contribution in [0, 0.1) is 5.82 Å². The van der Waals surface area contributed by atoms with Crippen LogP contribution in [0.2, 0.25) is 0 Å². The van der Waals surface area contributed by atoms with Gasteiger partial charge in [0.25, 0.3) is 0 Å². The van der Waals surface area contributed by atoms with Gasteiger partial charge in [-0.05, 0) is 17.7 Å². The van der Waals surface area contributed by atoms with Crippen molar-refractivity contribution in [1.29, 1.82) is 0 Å². The third kappa shape index (κ3) is 3.06. The fraction of sp³-hybridized carbons (Fsp3) is 0.182. The Morgan fingerprint density at radius 2 is 2.33 bits per heavy atom. The molecule has 0 radical (unpaired) electrons. The van der Waals surface area contributed by atoms with E-state index in [4.69, 9.17) is 11.6 Å². The SMILES string of the molecule is COC(=O)c1ccc(C=CCCl)cc1F. The number of halogens is 2. The molecule has 0 bridgehead atoms. The first-order valence-corrected chi connectivity index (χ1v) is 4.83. The molecule has 15 heavy (non-hydrogen) atoms. The van der Waals surface area contributed by atoms with E-state index in [0.717, 1.165) is 0 Å². The monoisotopic (exact) mass is 228 g/mol. The van der Waals surface area contributed by atoms with Crippen molar-refractivity contribution in [3.05, 3.63) is 41.2 Å². The molecule has 0 N–H and O–H groups in total. The van der Waals surface area contributed by atoms with Crippen LogP contribution in [0.15, 0.2) is 24.3 Å². The number of esters is 1. The molecule has 0 heterocycles. The van der Waals surface area contributed by atoms with E-state index in [9.17, 15) is 9.18 Å². The Balaban J connectivity index is 2.98. The molecule has 0 amide bonds. The van der Waals surface area contributed by atoms with Gasteiger partial charge in [0.05, 0.1) is 12.7 Å². The standard InChI is InChI=1S/C11H10ClFO2/c1-15-11(14)9-5-4-8(3-2-6-12)7-10(9)13/h2-5,7H,6H2,1H3. The summed E-state index contributed by atoms with van der Waals surface area (Å²) in [6.45, 7) is 0. The maximum Gasteiger partial charge on any atom is 0.340 e. The summed E-state index contributed by atoms with van der Waals surface area (Å²) < 4.78 is 17.8. The van der Waals surface area contributed by atoms with Crippen LogP contribution < -0.4 is 0 Å². The number of rotatable bonds is 3. The first-order chi connectivity index (χ1) is 7.19. The smallest absolute Gasteiger partial charge is 0.340 e. The maximum atomic E-state index is 13.3. The number of allylic oxidation sites excluding steroid dienone is 1. The van der Waals surface area contributed by atoms with E-state index < -0.39 is 11.8 Å². The Morgan fingerprint density at radius 1 is 1.60 bits per heavy atom. The predicted molar refractivity (Wildman–Crippen MR) is 57.5 cm³/mol. The molecule has 0 saturated carbocycles. The van der Waals surface area contributed by atoms with Crippen LogP contribution in [0.4, 0.5) is 4.39 Å². The summed E-state index contributed by atoms with van der Waals surface area (Å²) in [5, 5.41) is 0. The lowest BCUT2D eigenvalue weighted by Gasteiger charge is -2.01. The van der Waals surface area contributed by atoms with Gasteiger partial charge < -0.3 is 4.74 Å². The maximum absolute atomic E-state index is 13.3. The predicted octanol–water partition coefficient (Wildman–Crippen LogP) is 2.86. The zero-order valence-electron chi connectivity index (χ0n) is 8.17. The largest absolute Gasteiger partial charge is 0.465 e. The molecule has 1 rings (SSSR count). The second-order valence-corrected chi connectivity index (χ2v) is 3.10. The van der Waals surface area contributed by atoms with Gasteiger partial charge in [-0.1, -0.05) is 18.2 Å². The van der Waals surface area contributed by atoms with Gasteiger partial charge in [0.1, 0.15) is 5.82 Å². The van der Waals surface area contributed by atoms with E-state index in [2.05, 4.69) is 4.74 Å². The Morgan fingerprint density at radius 3 is 2.87 bits per heavy atom. The molecular formula is C11H10ClFO2. The second kappa shape index (κ2) is 5.51. The Labute approximate surface area is 92.3 Å². The van der Waals surface area contributed by atoms with Gasteiger partial charge in [-0.15, -0.1) is 11.6 Å². The van der Waals surface area contributed by atoms with Crippen LogP contribution in [-0.4, -0.2) is 19.0 Å². The highest BCUT2D eigenvalue weighted by Gasteiger charge is 2.11. The Bertz CT molecular complexity index is 388. The lowest BCUT2D eigenvalue weighted by Crippen LogP contribution is -2.04. The molecule has 80 valence electrons. The molecule has 1 aromatic carbocycles. The average Bonchev–Trinajstić information content (AvgIpc) is 2.25. The van der Waals surface area contributed by atoms with Crippen LogP contribution in [0.5, 0.6) is 0 Å². The summed E-state index contributed by atoms with van der Waals surface area (Å²) in [6, 6.07) is 4.27. The van der Waals surface area contributed by atoms with Gasteiger partial charge in [0, 0.05) is 5.88 Å². The summed E-state index contributed by atoms with van der Waals surface area (Å²) in [5.41, 5.74) is 0.585. The molecule has 0 atom stereocenters. The van der Waals surface area contributed by atoms with Gasteiger partial charge in [-0.3, -0.25) is 0 Å². The van der Waals surface area contributed by atoms with Gasteiger partial charge in [-0.2, -0.15) is 0 Å². The molecule has 0 aliphatic heterocycles. The van der Waals surface area contributed by atoms with Crippen molar-refractivity contribution >= 4 is 23.6 Å². The Kier molecular flexibility index (Phi) is 4.31. The van der Waals surface area contributed by atoms with E-state index in [0.29, 0.717) is 11.4 Å². The summed E-state index contributed by atoms with van der Waals surface area (Å²) >= 11 is 5.44. The van der Waals surface area contributed by atoms with Crippen molar-refractivity contribution in [3.8, 4) is 0 Å². The lowest BCUT2D eigenvalue weighted by atomic mass is 10.1. The Hall–Kier alpha value is -1.35. The van der Waals surface area contributed by atoms with Crippen molar-refractivity contribution in [2.24, 2.45) is 0 Å². The summed E-state index contributed by atoms with van der Waals surface area (Å²) in [7, 11) is 1.21. The third-order valence-corrected chi connectivity index (χ3v) is 1.98. The fourth-order valence-electron chi connectivity index (χ4n) is 1.09. The van der Waals surface area contributed by atoms with Crippen LogP contribution in [-0.2, 0) is 4.74 Å². The van der Waals surface area contributed by atoms with Crippen LogP contribution in [0.1, 0.15) is 15.9 Å². The number of benzene rings is 1. The fourth-order valence-corrected chi connectivity index (χ4v) is 1.18. The number of alkyl halides is 1. The number of hydrogen-bond donors (Lipinski definition) is 0. The number of ether oxygens (including phenoxy) is 1. The first-order valence-electron chi connectivity index (χ1n) is 4.29. The molecule has 0 aliphatic carbocycles. The summed E-state index contributed by atoms with van der Waals surface area (Å²) in [4.78, 5) is 11.1. The second-order valence-electron chi connectivity index (χ2n) is 2.79. The number of hydrogen-bond acceptors (Lipinski definition) is 2. The van der Waals surface area contributed by atoms with Gasteiger partial charge >= 0.3 is 5.97 Å². The highest BCUT2D eigenvalue weighted by atomic mass is 35.5. The molecule has 0 unspecified atom stereocenters. The van der Waals surface area contributed by atoms with E-state index in [-0.39, 0.29) is 5.56 Å². The molecule has 0 saturated heterocycles. The van der Waals surface area contributed by atoms with Crippen molar-refractivity contribution in [1.82, 2.24) is 0 Å². The van der Waals surface area contributed by atoms with E-state index in [1.54, 1.807) is 18.2 Å². The number of carbonyl (C=O) groups is 1. The highest BCUT2D eigenvalue weighted by molar-refractivity contribution is 6.19. The molecule has 1 aromatic rings. The number of methoxy groups -OCH3 is 1. The molecule has 0 fully saturated rings. The van der Waals surface area contributed by atoms with Gasteiger partial charge in [0.2, 0.25) is 0 Å². The lowest BCUT2D eigenvalue weighted by molar-refractivity contribution is 0.0595. The minimum atomic E-state index is -0.680. The van der Waals surface area contributed by atoms with Gasteiger partial charge in [0.15, 0.2) is 0 Å². The van der Waals surface area contributed by atoms with Crippen LogP contribution in [0.3, 0.4) is 0 Å². The average molecular weight is 229 g/mol. The zero-order valence-corrected chi connectivity index (χ0v) is 8.92. The molecule has 0 aromatic heterocycles. The minimum Gasteiger partial charge on any atom is -0.465 e. The molecule has 2 nitrogen and oxygen atoms in total. The first kappa shape index (κ1) is 11.7. The quantitative estimate of drug-likeness (QED) is 0.587. The highest BCUT2D eigenvalue weighted by Crippen LogP contribution is 2.12. The van der Waals surface area contributed by atoms with Crippen LogP contribution >= 0.6 is 11.6 Å². The van der Waals surface area contributed by atoms with Crippen LogP contribution in [0.25, 0.3) is 6.08 Å². The third-order valence-electron chi connectivity index (χ3n) is 1.80. The molecule has 0 spiro atoms. The molecular weight excluding hydrogens is 219 g/mol. The van der Waals surface area contributed by atoms with E-state index in [1.165, 1.54) is 19.2 Å². The van der Waals surface area contributed by atoms with Crippen molar-refractivity contribution < 1.29 is 13.9 Å². The zero-order chi connectivity index (χ0) is 11.3. The number of carbonyl (C=O) groups excluding carboxylic acids is 1. The molecule has 0 aliphatic rings. The van der Waals surface area contributed by atoms with E-state index >= 15 is 0 Å². The topological polar surface area (TPSA) is 26.3 Å². The van der Waals surface area contributed by atoms with Crippen molar-refractivity contribution in [2.75, 3.05) is 13.0 Å². The molecule has 4 heteroatoms.